The Morgan fingerprint density at radius 2 is 1.62 bits per heavy atom. The van der Waals surface area contributed by atoms with Crippen LogP contribution < -0.4 is 0 Å². The van der Waals surface area contributed by atoms with E-state index in [1.54, 1.807) is 0 Å². The first-order valence-corrected chi connectivity index (χ1v) is 6.06. The lowest BCUT2D eigenvalue weighted by atomic mass is 10.0. The quantitative estimate of drug-likeness (QED) is 0.702. The minimum atomic E-state index is 0.146. The summed E-state index contributed by atoms with van der Waals surface area (Å²) >= 11 is 0. The van der Waals surface area contributed by atoms with Gasteiger partial charge in [0.15, 0.2) is 0 Å². The lowest BCUT2D eigenvalue weighted by molar-refractivity contribution is -0.00390. The van der Waals surface area contributed by atoms with Gasteiger partial charge in [-0.1, -0.05) is 30.3 Å². The van der Waals surface area contributed by atoms with Gasteiger partial charge in [0.2, 0.25) is 0 Å². The Kier molecular flexibility index (Phi) is 6.12. The van der Waals surface area contributed by atoms with Crippen LogP contribution in [-0.2, 0) is 9.47 Å². The summed E-state index contributed by atoms with van der Waals surface area (Å²) in [7, 11) is 0. The highest BCUT2D eigenvalue weighted by atomic mass is 16.5. The van der Waals surface area contributed by atoms with Gasteiger partial charge in [-0.15, -0.1) is 0 Å². The third kappa shape index (κ3) is 4.33. The summed E-state index contributed by atoms with van der Waals surface area (Å²) in [5.41, 5.74) is 1.23. The van der Waals surface area contributed by atoms with E-state index < -0.39 is 0 Å². The van der Waals surface area contributed by atoms with E-state index in [4.69, 9.17) is 9.47 Å². The van der Waals surface area contributed by atoms with Crippen LogP contribution in [-0.4, -0.2) is 19.3 Å². The van der Waals surface area contributed by atoms with Gasteiger partial charge in [0.1, 0.15) is 0 Å². The molecule has 2 atom stereocenters. The summed E-state index contributed by atoms with van der Waals surface area (Å²) in [6.45, 7) is 7.64. The van der Waals surface area contributed by atoms with Gasteiger partial charge in [0.05, 0.1) is 12.2 Å². The maximum absolute atomic E-state index is 5.77. The van der Waals surface area contributed by atoms with E-state index in [1.165, 1.54) is 5.56 Å². The second-order valence-corrected chi connectivity index (χ2v) is 3.86. The Hall–Kier alpha value is -0.860. The summed E-state index contributed by atoms with van der Waals surface area (Å²) in [5, 5.41) is 0. The van der Waals surface area contributed by atoms with Crippen LogP contribution in [0.4, 0.5) is 0 Å². The molecule has 2 unspecified atom stereocenters. The average Bonchev–Trinajstić information content (AvgIpc) is 2.30. The molecule has 0 aromatic heterocycles. The normalized spacial score (nSPS) is 14.7. The van der Waals surface area contributed by atoms with Crippen LogP contribution in [0.1, 0.15) is 38.9 Å². The fraction of sp³-hybridized carbons (Fsp3) is 0.571. The standard InChI is InChI=1S/C14H22O2/c1-4-15-12(3)11-14(16-5-2)13-9-7-6-8-10-13/h6-10,12,14H,4-5,11H2,1-3H3. The van der Waals surface area contributed by atoms with Crippen LogP contribution in [0.5, 0.6) is 0 Å². The van der Waals surface area contributed by atoms with E-state index in [2.05, 4.69) is 19.1 Å². The lowest BCUT2D eigenvalue weighted by Gasteiger charge is -2.21. The second-order valence-electron chi connectivity index (χ2n) is 3.86. The molecule has 0 N–H and O–H groups in total. The Bertz CT molecular complexity index is 271. The van der Waals surface area contributed by atoms with Gasteiger partial charge >= 0.3 is 0 Å². The molecule has 2 nitrogen and oxygen atoms in total. The Balaban J connectivity index is 2.60. The predicted molar refractivity (Wildman–Crippen MR) is 66.5 cm³/mol. The molecule has 0 aliphatic carbocycles. The van der Waals surface area contributed by atoms with Gasteiger partial charge in [-0.25, -0.2) is 0 Å². The van der Waals surface area contributed by atoms with Crippen molar-refractivity contribution in [3.8, 4) is 0 Å². The van der Waals surface area contributed by atoms with Crippen LogP contribution in [0.15, 0.2) is 30.3 Å². The summed E-state index contributed by atoms with van der Waals surface area (Å²) in [6, 6.07) is 10.3. The molecule has 0 saturated heterocycles. The van der Waals surface area contributed by atoms with E-state index >= 15 is 0 Å². The topological polar surface area (TPSA) is 18.5 Å². The SMILES string of the molecule is CCOC(C)CC(OCC)c1ccccc1. The highest BCUT2D eigenvalue weighted by molar-refractivity contribution is 5.17. The Morgan fingerprint density at radius 1 is 1.00 bits per heavy atom. The molecule has 0 heterocycles. The fourth-order valence-corrected chi connectivity index (χ4v) is 1.82. The van der Waals surface area contributed by atoms with E-state index in [-0.39, 0.29) is 12.2 Å². The van der Waals surface area contributed by atoms with Crippen molar-refractivity contribution in [1.29, 1.82) is 0 Å². The van der Waals surface area contributed by atoms with Crippen molar-refractivity contribution in [3.05, 3.63) is 35.9 Å². The average molecular weight is 222 g/mol. The fourth-order valence-electron chi connectivity index (χ4n) is 1.82. The van der Waals surface area contributed by atoms with Gasteiger partial charge in [-0.05, 0) is 26.3 Å². The van der Waals surface area contributed by atoms with E-state index in [0.717, 1.165) is 19.6 Å². The van der Waals surface area contributed by atoms with Gasteiger partial charge in [-0.3, -0.25) is 0 Å². The molecule has 1 rings (SSSR count). The second kappa shape index (κ2) is 7.42. The van der Waals surface area contributed by atoms with Crippen molar-refractivity contribution in [3.63, 3.8) is 0 Å². The maximum atomic E-state index is 5.77. The smallest absolute Gasteiger partial charge is 0.0849 e. The van der Waals surface area contributed by atoms with Gasteiger partial charge < -0.3 is 9.47 Å². The molecule has 0 spiro atoms. The first-order chi connectivity index (χ1) is 7.77. The van der Waals surface area contributed by atoms with Crippen LogP contribution in [0.2, 0.25) is 0 Å². The molecule has 16 heavy (non-hydrogen) atoms. The van der Waals surface area contributed by atoms with Crippen molar-refractivity contribution >= 4 is 0 Å². The molecule has 1 aromatic rings. The summed E-state index contributed by atoms with van der Waals surface area (Å²) in [5.74, 6) is 0. The van der Waals surface area contributed by atoms with Crippen molar-refractivity contribution in [1.82, 2.24) is 0 Å². The summed E-state index contributed by atoms with van der Waals surface area (Å²) < 4.78 is 11.3. The summed E-state index contributed by atoms with van der Waals surface area (Å²) in [4.78, 5) is 0. The summed E-state index contributed by atoms with van der Waals surface area (Å²) in [6.07, 6.45) is 1.29. The van der Waals surface area contributed by atoms with Crippen LogP contribution in [0.25, 0.3) is 0 Å². The molecule has 0 fully saturated rings. The van der Waals surface area contributed by atoms with Crippen LogP contribution in [0.3, 0.4) is 0 Å². The molecule has 1 aromatic carbocycles. The third-order valence-corrected chi connectivity index (χ3v) is 2.54. The number of benzene rings is 1. The van der Waals surface area contributed by atoms with Crippen LogP contribution in [0, 0.1) is 0 Å². The molecule has 2 heteroatoms. The third-order valence-electron chi connectivity index (χ3n) is 2.54. The van der Waals surface area contributed by atoms with Crippen molar-refractivity contribution in [2.45, 2.75) is 39.4 Å². The van der Waals surface area contributed by atoms with E-state index in [1.807, 2.05) is 32.0 Å². The van der Waals surface area contributed by atoms with Crippen molar-refractivity contribution < 1.29 is 9.47 Å². The number of rotatable bonds is 7. The van der Waals surface area contributed by atoms with Crippen molar-refractivity contribution in [2.24, 2.45) is 0 Å². The molecule has 90 valence electrons. The van der Waals surface area contributed by atoms with Gasteiger partial charge in [0, 0.05) is 19.6 Å². The minimum Gasteiger partial charge on any atom is -0.379 e. The monoisotopic (exact) mass is 222 g/mol. The predicted octanol–water partition coefficient (Wildman–Crippen LogP) is 3.58. The number of hydrogen-bond acceptors (Lipinski definition) is 2. The van der Waals surface area contributed by atoms with E-state index in [0.29, 0.717) is 0 Å². The maximum Gasteiger partial charge on any atom is 0.0849 e. The number of hydrogen-bond donors (Lipinski definition) is 0. The van der Waals surface area contributed by atoms with E-state index in [9.17, 15) is 0 Å². The molecular weight excluding hydrogens is 200 g/mol. The highest BCUT2D eigenvalue weighted by Gasteiger charge is 2.15. The number of ether oxygens (including phenoxy) is 2. The molecule has 0 aliphatic rings. The largest absolute Gasteiger partial charge is 0.379 e. The first-order valence-electron chi connectivity index (χ1n) is 6.06. The molecule has 0 aliphatic heterocycles. The lowest BCUT2D eigenvalue weighted by Crippen LogP contribution is -2.15. The van der Waals surface area contributed by atoms with Gasteiger partial charge in [0.25, 0.3) is 0 Å². The molecule has 0 saturated carbocycles. The molecular formula is C14H22O2. The zero-order valence-corrected chi connectivity index (χ0v) is 10.5. The molecule has 0 amide bonds. The zero-order valence-electron chi connectivity index (χ0n) is 10.5. The Morgan fingerprint density at radius 3 is 2.19 bits per heavy atom. The zero-order chi connectivity index (χ0) is 11.8. The van der Waals surface area contributed by atoms with Crippen molar-refractivity contribution in [2.75, 3.05) is 13.2 Å². The van der Waals surface area contributed by atoms with Gasteiger partial charge in [-0.2, -0.15) is 0 Å². The molecule has 0 bridgehead atoms. The minimum absolute atomic E-state index is 0.146. The molecule has 0 radical (unpaired) electrons. The van der Waals surface area contributed by atoms with Crippen LogP contribution >= 0.6 is 0 Å². The highest BCUT2D eigenvalue weighted by Crippen LogP contribution is 2.23. The first kappa shape index (κ1) is 13.2. The Labute approximate surface area is 98.6 Å².